The van der Waals surface area contributed by atoms with Gasteiger partial charge in [0.05, 0.1) is 0 Å². The second kappa shape index (κ2) is 67.9. The highest BCUT2D eigenvalue weighted by Gasteiger charge is 2.19. The molecule has 0 amide bonds. The zero-order valence-corrected chi connectivity index (χ0v) is 53.2. The highest BCUT2D eigenvalue weighted by atomic mass is 16.6. The molecule has 0 aromatic rings. The highest BCUT2D eigenvalue weighted by Crippen LogP contribution is 2.17. The van der Waals surface area contributed by atoms with Gasteiger partial charge in [-0.05, 0) is 103 Å². The van der Waals surface area contributed by atoms with E-state index in [1.165, 1.54) is 276 Å². The summed E-state index contributed by atoms with van der Waals surface area (Å²) in [6.45, 7) is 6.68. The average Bonchev–Trinajstić information content (AvgIpc) is 3.45. The lowest BCUT2D eigenvalue weighted by Crippen LogP contribution is -2.30. The summed E-state index contributed by atoms with van der Waals surface area (Å²) in [4.78, 5) is 38.5. The number of esters is 3. The van der Waals surface area contributed by atoms with E-state index in [1.54, 1.807) is 0 Å². The van der Waals surface area contributed by atoms with Gasteiger partial charge in [0.25, 0.3) is 0 Å². The van der Waals surface area contributed by atoms with Gasteiger partial charge in [0.1, 0.15) is 13.2 Å². The van der Waals surface area contributed by atoms with E-state index in [4.69, 9.17) is 14.2 Å². The molecule has 0 N–H and O–H groups in total. The Labute approximate surface area is 492 Å². The Kier molecular flexibility index (Phi) is 65.6. The molecule has 0 aliphatic rings. The van der Waals surface area contributed by atoms with Crippen LogP contribution in [0.3, 0.4) is 0 Å². The summed E-state index contributed by atoms with van der Waals surface area (Å²) in [6.07, 6.45) is 85.6. The quantitative estimate of drug-likeness (QED) is 0.0261. The lowest BCUT2D eigenvalue weighted by atomic mass is 10.0. The molecule has 0 radical (unpaired) electrons. The molecule has 6 heteroatoms. The first-order valence-electron chi connectivity index (χ1n) is 35.1. The van der Waals surface area contributed by atoms with Gasteiger partial charge < -0.3 is 14.2 Å². The van der Waals surface area contributed by atoms with E-state index in [1.807, 2.05) is 0 Å². The minimum absolute atomic E-state index is 0.0735. The van der Waals surface area contributed by atoms with Gasteiger partial charge in [0.15, 0.2) is 6.10 Å². The molecule has 0 aromatic heterocycles. The van der Waals surface area contributed by atoms with Gasteiger partial charge >= 0.3 is 17.9 Å². The largest absolute Gasteiger partial charge is 0.462 e. The number of ether oxygens (including phenoxy) is 3. The standard InChI is InChI=1S/C73H134O6/c1-4-7-10-13-16-19-22-25-28-31-34-35-36-37-38-39-40-43-45-48-51-54-57-60-63-66-72(75)78-69-70(79-73(76)67-64-61-58-55-52-49-46-42-33-30-27-24-21-18-15-12-9-6-3)68-77-71(74)65-62-59-56-53-50-47-44-41-32-29-26-23-20-17-14-11-8-5-2/h22,25,29-34,70H,4-21,23-24,26-28,35-69H2,1-3H3/b25-22-,32-29-,33-30-,34-31-. The first-order valence-corrected chi connectivity index (χ1v) is 35.1. The normalized spacial score (nSPS) is 12.3. The maximum absolute atomic E-state index is 12.9. The van der Waals surface area contributed by atoms with Crippen LogP contribution in [0, 0.1) is 0 Å². The number of hydrogen-bond acceptors (Lipinski definition) is 6. The summed E-state index contributed by atoms with van der Waals surface area (Å²) in [7, 11) is 0. The molecule has 1 unspecified atom stereocenters. The van der Waals surface area contributed by atoms with Crippen molar-refractivity contribution in [1.82, 2.24) is 0 Å². The summed E-state index contributed by atoms with van der Waals surface area (Å²) in [5, 5.41) is 0. The number of allylic oxidation sites excluding steroid dienone is 8. The maximum atomic E-state index is 12.9. The van der Waals surface area contributed by atoms with Crippen LogP contribution in [-0.2, 0) is 28.6 Å². The maximum Gasteiger partial charge on any atom is 0.306 e. The topological polar surface area (TPSA) is 78.9 Å². The minimum atomic E-state index is -0.778. The number of rotatable bonds is 65. The third kappa shape index (κ3) is 66.1. The van der Waals surface area contributed by atoms with Gasteiger partial charge in [-0.1, -0.05) is 307 Å². The number of carbonyl (C=O) groups is 3. The van der Waals surface area contributed by atoms with Crippen molar-refractivity contribution in [2.24, 2.45) is 0 Å². The molecule has 0 spiro atoms. The van der Waals surface area contributed by atoms with Gasteiger partial charge in [0.2, 0.25) is 0 Å². The Morgan fingerprint density at radius 3 is 0.709 bits per heavy atom. The minimum Gasteiger partial charge on any atom is -0.462 e. The third-order valence-corrected chi connectivity index (χ3v) is 15.8. The number of hydrogen-bond donors (Lipinski definition) is 0. The molecule has 0 bridgehead atoms. The first-order chi connectivity index (χ1) is 39.0. The Bertz CT molecular complexity index is 1360. The van der Waals surface area contributed by atoms with Crippen molar-refractivity contribution in [2.45, 2.75) is 386 Å². The smallest absolute Gasteiger partial charge is 0.306 e. The van der Waals surface area contributed by atoms with Gasteiger partial charge in [0, 0.05) is 19.3 Å². The molecule has 0 rings (SSSR count). The van der Waals surface area contributed by atoms with E-state index in [2.05, 4.69) is 69.4 Å². The molecule has 0 heterocycles. The first kappa shape index (κ1) is 76.4. The lowest BCUT2D eigenvalue weighted by Gasteiger charge is -2.18. The third-order valence-electron chi connectivity index (χ3n) is 15.8. The van der Waals surface area contributed by atoms with Crippen molar-refractivity contribution in [3.63, 3.8) is 0 Å². The van der Waals surface area contributed by atoms with E-state index >= 15 is 0 Å². The van der Waals surface area contributed by atoms with Gasteiger partial charge in [-0.2, -0.15) is 0 Å². The van der Waals surface area contributed by atoms with Crippen LogP contribution in [0.2, 0.25) is 0 Å². The van der Waals surface area contributed by atoms with E-state index < -0.39 is 6.10 Å². The average molecular weight is 1110 g/mol. The van der Waals surface area contributed by atoms with Crippen LogP contribution in [0.5, 0.6) is 0 Å². The van der Waals surface area contributed by atoms with Crippen molar-refractivity contribution in [3.8, 4) is 0 Å². The van der Waals surface area contributed by atoms with Crippen LogP contribution in [0.25, 0.3) is 0 Å². The van der Waals surface area contributed by atoms with Crippen LogP contribution in [0.15, 0.2) is 48.6 Å². The predicted molar refractivity (Wildman–Crippen MR) is 344 cm³/mol. The summed E-state index contributed by atoms with van der Waals surface area (Å²) in [5.41, 5.74) is 0. The Morgan fingerprint density at radius 1 is 0.253 bits per heavy atom. The van der Waals surface area contributed by atoms with Gasteiger partial charge in [-0.25, -0.2) is 0 Å². The Hall–Kier alpha value is -2.63. The summed E-state index contributed by atoms with van der Waals surface area (Å²) in [5.74, 6) is -0.858. The highest BCUT2D eigenvalue weighted by molar-refractivity contribution is 5.71. The fourth-order valence-electron chi connectivity index (χ4n) is 10.5. The molecule has 1 atom stereocenters. The summed E-state index contributed by atoms with van der Waals surface area (Å²) < 4.78 is 17.0. The lowest BCUT2D eigenvalue weighted by molar-refractivity contribution is -0.167. The second-order valence-electron chi connectivity index (χ2n) is 23.8. The fourth-order valence-corrected chi connectivity index (χ4v) is 10.5. The molecular formula is C73H134O6. The van der Waals surface area contributed by atoms with E-state index in [0.717, 1.165) is 64.2 Å². The molecule has 0 saturated heterocycles. The zero-order valence-electron chi connectivity index (χ0n) is 53.2. The fraction of sp³-hybridized carbons (Fsp3) is 0.849. The van der Waals surface area contributed by atoms with E-state index in [9.17, 15) is 14.4 Å². The van der Waals surface area contributed by atoms with Crippen molar-refractivity contribution in [3.05, 3.63) is 48.6 Å². The Balaban J connectivity index is 4.31. The van der Waals surface area contributed by atoms with Crippen molar-refractivity contribution in [2.75, 3.05) is 13.2 Å². The summed E-state index contributed by atoms with van der Waals surface area (Å²) >= 11 is 0. The second-order valence-corrected chi connectivity index (χ2v) is 23.8. The number of unbranched alkanes of at least 4 members (excludes halogenated alkanes) is 46. The molecule has 6 nitrogen and oxygen atoms in total. The van der Waals surface area contributed by atoms with E-state index in [0.29, 0.717) is 19.3 Å². The van der Waals surface area contributed by atoms with Crippen molar-refractivity contribution in [1.29, 1.82) is 0 Å². The van der Waals surface area contributed by atoms with Gasteiger partial charge in [-0.3, -0.25) is 14.4 Å². The van der Waals surface area contributed by atoms with Crippen molar-refractivity contribution < 1.29 is 28.6 Å². The molecule has 0 fully saturated rings. The van der Waals surface area contributed by atoms with Crippen LogP contribution < -0.4 is 0 Å². The Morgan fingerprint density at radius 2 is 0.456 bits per heavy atom. The van der Waals surface area contributed by atoms with Gasteiger partial charge in [-0.15, -0.1) is 0 Å². The van der Waals surface area contributed by atoms with E-state index in [-0.39, 0.29) is 31.1 Å². The SMILES string of the molecule is CCCCCCC/C=C\C/C=C\CCCCCCCCCCCCCCCC(=O)OCC(COC(=O)CCCCCCCCC/C=C\CCCCCCCCC)OC(=O)CCCCCCCCC/C=C\CCCCCCCCC. The molecule has 79 heavy (non-hydrogen) atoms. The monoisotopic (exact) mass is 1110 g/mol. The molecule has 0 aliphatic carbocycles. The molecular weight excluding hydrogens is 973 g/mol. The zero-order chi connectivity index (χ0) is 57.1. The van der Waals surface area contributed by atoms with Crippen LogP contribution in [0.4, 0.5) is 0 Å². The predicted octanol–water partition coefficient (Wildman–Crippen LogP) is 24.1. The number of carbonyl (C=O) groups excluding carboxylic acids is 3. The van der Waals surface area contributed by atoms with Crippen LogP contribution in [0.1, 0.15) is 380 Å². The van der Waals surface area contributed by atoms with Crippen LogP contribution in [-0.4, -0.2) is 37.2 Å². The van der Waals surface area contributed by atoms with Crippen LogP contribution >= 0.6 is 0 Å². The molecule has 0 aromatic carbocycles. The van der Waals surface area contributed by atoms with Crippen molar-refractivity contribution >= 4 is 17.9 Å². The molecule has 0 aliphatic heterocycles. The molecule has 0 saturated carbocycles. The molecule has 462 valence electrons. The summed E-state index contributed by atoms with van der Waals surface area (Å²) in [6, 6.07) is 0.